The number of likely N-dealkylation sites (tertiary alicyclic amines) is 1. The van der Waals surface area contributed by atoms with Crippen molar-refractivity contribution in [3.8, 4) is 11.4 Å². The minimum atomic E-state index is -1.31. The third-order valence-corrected chi connectivity index (χ3v) is 7.10. The predicted octanol–water partition coefficient (Wildman–Crippen LogP) is 7.55. The largest absolute Gasteiger partial charge is 0.465 e. The van der Waals surface area contributed by atoms with Crippen LogP contribution in [0.1, 0.15) is 116 Å². The van der Waals surface area contributed by atoms with Gasteiger partial charge in [0.25, 0.3) is 0 Å². The molecule has 2 aromatic rings. The normalized spacial score (nSPS) is 16.0. The van der Waals surface area contributed by atoms with Gasteiger partial charge in [-0.15, -0.1) is 4.99 Å². The van der Waals surface area contributed by atoms with Gasteiger partial charge in [0.15, 0.2) is 0 Å². The smallest absolute Gasteiger partial charge is 0.437 e. The summed E-state index contributed by atoms with van der Waals surface area (Å²) in [5.74, 6) is 0.808. The van der Waals surface area contributed by atoms with E-state index in [1.165, 1.54) is 63.4 Å². The molecule has 2 amide bonds. The SMILES string of the molecule is CCCCCCCCCCCc1ccc(-c2noc([C@@H]3CCCN(C(=NC(=O)OC(C)(C)C)NC(=O)O)C3)n2)cc1. The molecular formula is C31H47N5O5. The standard InChI is InChI=1S/C31H47N5O5/c1-5-6-7-8-9-10-11-12-13-15-23-17-19-24(20-18-23)26-32-27(41-35-26)25-16-14-21-36(22-25)28(33-29(37)38)34-30(39)40-31(2,3)4/h17-20,25H,5-16,21-22H2,1-4H3,(H,37,38)(H,33,34,39)/t25-/m1/s1. The highest BCUT2D eigenvalue weighted by atomic mass is 16.6. The molecule has 0 bridgehead atoms. The van der Waals surface area contributed by atoms with Gasteiger partial charge in [-0.3, -0.25) is 5.32 Å². The lowest BCUT2D eigenvalue weighted by Crippen LogP contribution is -2.48. The molecule has 1 fully saturated rings. The van der Waals surface area contributed by atoms with Crippen molar-refractivity contribution in [2.45, 2.75) is 116 Å². The van der Waals surface area contributed by atoms with Gasteiger partial charge < -0.3 is 19.3 Å². The number of piperidine rings is 1. The number of amides is 2. The number of aryl methyl sites for hydroxylation is 1. The molecule has 1 aromatic carbocycles. The van der Waals surface area contributed by atoms with Crippen molar-refractivity contribution >= 4 is 18.1 Å². The molecule has 1 aliphatic rings. The Balaban J connectivity index is 1.53. The van der Waals surface area contributed by atoms with Crippen LogP contribution in [0.15, 0.2) is 33.8 Å². The first-order valence-corrected chi connectivity index (χ1v) is 15.1. The van der Waals surface area contributed by atoms with Crippen LogP contribution in [0.2, 0.25) is 0 Å². The summed E-state index contributed by atoms with van der Waals surface area (Å²) < 4.78 is 10.9. The van der Waals surface area contributed by atoms with Crippen LogP contribution in [0.5, 0.6) is 0 Å². The van der Waals surface area contributed by atoms with Crippen LogP contribution in [0, 0.1) is 0 Å². The number of hydrogen-bond acceptors (Lipinski definition) is 6. The number of rotatable bonds is 12. The Morgan fingerprint density at radius 3 is 2.37 bits per heavy atom. The first-order valence-electron chi connectivity index (χ1n) is 15.1. The zero-order chi connectivity index (χ0) is 29.7. The molecule has 1 aromatic heterocycles. The summed E-state index contributed by atoms with van der Waals surface area (Å²) >= 11 is 0. The average molecular weight is 570 g/mol. The summed E-state index contributed by atoms with van der Waals surface area (Å²) in [7, 11) is 0. The number of ether oxygens (including phenoxy) is 1. The van der Waals surface area contributed by atoms with Gasteiger partial charge in [-0.05, 0) is 52.0 Å². The van der Waals surface area contributed by atoms with Crippen molar-refractivity contribution in [1.82, 2.24) is 20.4 Å². The van der Waals surface area contributed by atoms with Gasteiger partial charge in [-0.2, -0.15) is 4.98 Å². The second-order valence-electron chi connectivity index (χ2n) is 11.9. The van der Waals surface area contributed by atoms with E-state index in [1.54, 1.807) is 25.7 Å². The molecule has 1 aliphatic heterocycles. The second-order valence-corrected chi connectivity index (χ2v) is 11.9. The lowest BCUT2D eigenvalue weighted by Gasteiger charge is -2.32. The number of aliphatic imine (C=N–C) groups is 1. The van der Waals surface area contributed by atoms with E-state index in [1.807, 2.05) is 12.1 Å². The summed E-state index contributed by atoms with van der Waals surface area (Å²) in [5, 5.41) is 15.7. The van der Waals surface area contributed by atoms with Crippen LogP contribution in [0.3, 0.4) is 0 Å². The van der Waals surface area contributed by atoms with Crippen molar-refractivity contribution in [2.24, 2.45) is 4.99 Å². The monoisotopic (exact) mass is 569 g/mol. The van der Waals surface area contributed by atoms with Crippen molar-refractivity contribution < 1.29 is 24.0 Å². The van der Waals surface area contributed by atoms with Crippen molar-refractivity contribution in [3.05, 3.63) is 35.7 Å². The average Bonchev–Trinajstić information content (AvgIpc) is 3.41. The van der Waals surface area contributed by atoms with E-state index in [0.717, 1.165) is 24.8 Å². The molecule has 0 aliphatic carbocycles. The molecule has 0 saturated carbocycles. The summed E-state index contributed by atoms with van der Waals surface area (Å²) in [6, 6.07) is 8.34. The van der Waals surface area contributed by atoms with Crippen LogP contribution in [0.4, 0.5) is 9.59 Å². The quantitative estimate of drug-likeness (QED) is 0.152. The number of benzene rings is 1. The maximum Gasteiger partial charge on any atom is 0.437 e. The number of carbonyl (C=O) groups excluding carboxylic acids is 1. The van der Waals surface area contributed by atoms with Crippen LogP contribution < -0.4 is 5.32 Å². The fourth-order valence-corrected chi connectivity index (χ4v) is 4.99. The van der Waals surface area contributed by atoms with E-state index in [-0.39, 0.29) is 11.9 Å². The Morgan fingerprint density at radius 1 is 1.07 bits per heavy atom. The Bertz CT molecular complexity index is 1120. The summed E-state index contributed by atoms with van der Waals surface area (Å²) in [5.41, 5.74) is 1.46. The third kappa shape index (κ3) is 11.5. The summed E-state index contributed by atoms with van der Waals surface area (Å²) in [4.78, 5) is 33.9. The van der Waals surface area contributed by atoms with Gasteiger partial charge in [-0.1, -0.05) is 87.7 Å². The Morgan fingerprint density at radius 2 is 1.73 bits per heavy atom. The van der Waals surface area contributed by atoms with Crippen LogP contribution in [-0.4, -0.2) is 57.0 Å². The fraction of sp³-hybridized carbons (Fsp3) is 0.645. The molecule has 0 spiro atoms. The molecule has 0 unspecified atom stereocenters. The molecule has 2 heterocycles. The molecule has 1 saturated heterocycles. The van der Waals surface area contributed by atoms with Gasteiger partial charge in [0.05, 0.1) is 5.92 Å². The first-order chi connectivity index (χ1) is 19.6. The van der Waals surface area contributed by atoms with Crippen molar-refractivity contribution in [3.63, 3.8) is 0 Å². The lowest BCUT2D eigenvalue weighted by molar-refractivity contribution is 0.0600. The van der Waals surface area contributed by atoms with E-state index in [2.05, 4.69) is 39.5 Å². The third-order valence-electron chi connectivity index (χ3n) is 7.10. The molecular weight excluding hydrogens is 522 g/mol. The van der Waals surface area contributed by atoms with Crippen LogP contribution in [-0.2, 0) is 11.2 Å². The van der Waals surface area contributed by atoms with Crippen LogP contribution in [0.25, 0.3) is 11.4 Å². The molecule has 2 N–H and O–H groups in total. The van der Waals surface area contributed by atoms with Gasteiger partial charge in [0.1, 0.15) is 5.60 Å². The highest BCUT2D eigenvalue weighted by molar-refractivity contribution is 5.98. The van der Waals surface area contributed by atoms with Gasteiger partial charge in [0, 0.05) is 18.7 Å². The lowest BCUT2D eigenvalue weighted by atomic mass is 9.98. The fourth-order valence-electron chi connectivity index (χ4n) is 4.99. The number of hydrogen-bond donors (Lipinski definition) is 2. The van der Waals surface area contributed by atoms with Gasteiger partial charge in [0.2, 0.25) is 17.7 Å². The topological polar surface area (TPSA) is 130 Å². The number of nitrogens with zero attached hydrogens (tertiary/aromatic N) is 4. The van der Waals surface area contributed by atoms with Crippen LogP contribution >= 0.6 is 0 Å². The number of aromatic nitrogens is 2. The Kier molecular flexibility index (Phi) is 12.6. The molecule has 226 valence electrons. The van der Waals surface area contributed by atoms with E-state index in [4.69, 9.17) is 9.26 Å². The Hall–Kier alpha value is -3.43. The zero-order valence-electron chi connectivity index (χ0n) is 25.2. The molecule has 3 rings (SSSR count). The first kappa shape index (κ1) is 32.1. The highest BCUT2D eigenvalue weighted by Gasteiger charge is 2.29. The molecule has 41 heavy (non-hydrogen) atoms. The molecule has 0 radical (unpaired) electrons. The number of unbranched alkanes of at least 4 members (excludes halogenated alkanes) is 8. The minimum absolute atomic E-state index is 0.0706. The molecule has 1 atom stereocenters. The van der Waals surface area contributed by atoms with E-state index < -0.39 is 17.8 Å². The zero-order valence-corrected chi connectivity index (χ0v) is 25.2. The number of guanidine groups is 1. The van der Waals surface area contributed by atoms with E-state index >= 15 is 0 Å². The maximum absolute atomic E-state index is 12.3. The van der Waals surface area contributed by atoms with Gasteiger partial charge >= 0.3 is 12.2 Å². The number of carbonyl (C=O) groups is 2. The predicted molar refractivity (Wildman–Crippen MR) is 159 cm³/mol. The Labute approximate surface area is 243 Å². The van der Waals surface area contributed by atoms with Crippen molar-refractivity contribution in [2.75, 3.05) is 13.1 Å². The number of nitrogens with one attached hydrogen (secondary N) is 1. The minimum Gasteiger partial charge on any atom is -0.465 e. The van der Waals surface area contributed by atoms with E-state index in [9.17, 15) is 14.7 Å². The maximum atomic E-state index is 12.3. The summed E-state index contributed by atoms with van der Waals surface area (Å²) in [6.45, 7) is 8.33. The summed E-state index contributed by atoms with van der Waals surface area (Å²) in [6.07, 6.45) is 12.3. The van der Waals surface area contributed by atoms with Crippen molar-refractivity contribution in [1.29, 1.82) is 0 Å². The molecule has 10 nitrogen and oxygen atoms in total. The number of carboxylic acid groups (broad SMARTS) is 1. The highest BCUT2D eigenvalue weighted by Crippen LogP contribution is 2.28. The second kappa shape index (κ2) is 16.1. The van der Waals surface area contributed by atoms with Gasteiger partial charge in [-0.25, -0.2) is 9.59 Å². The molecule has 10 heteroatoms. The van der Waals surface area contributed by atoms with E-state index in [0.29, 0.717) is 24.8 Å².